The molecule has 1 aromatic carbocycles. The van der Waals surface area contributed by atoms with Crippen LogP contribution >= 0.6 is 0 Å². The lowest BCUT2D eigenvalue weighted by Gasteiger charge is -2.38. The molecule has 10 heteroatoms. The van der Waals surface area contributed by atoms with Gasteiger partial charge in [-0.05, 0) is 93.9 Å². The number of hydrogen-bond acceptors (Lipinski definition) is 7. The fourth-order valence-electron chi connectivity index (χ4n) is 8.08. The van der Waals surface area contributed by atoms with Crippen molar-refractivity contribution in [3.63, 3.8) is 0 Å². The summed E-state index contributed by atoms with van der Waals surface area (Å²) in [6.45, 7) is 13.7. The Hall–Kier alpha value is -2.69. The fraction of sp³-hybridized carbons (Fsp3) is 0.743. The summed E-state index contributed by atoms with van der Waals surface area (Å²) in [7, 11) is 2.16. The molecule has 3 aliphatic heterocycles. The smallest absolute Gasteiger partial charge is 0.251 e. The number of rotatable bonds is 9. The van der Waals surface area contributed by atoms with E-state index in [-0.39, 0.29) is 41.6 Å². The molecule has 250 valence electrons. The van der Waals surface area contributed by atoms with E-state index in [1.807, 2.05) is 6.92 Å². The van der Waals surface area contributed by atoms with Gasteiger partial charge in [-0.25, -0.2) is 0 Å². The van der Waals surface area contributed by atoms with Crippen molar-refractivity contribution in [1.82, 2.24) is 26.2 Å². The van der Waals surface area contributed by atoms with Gasteiger partial charge in [0.2, 0.25) is 11.8 Å². The molecule has 4 aliphatic rings. The maximum Gasteiger partial charge on any atom is 0.251 e. The number of nitrogens with zero attached hydrogens (tertiary/aromatic N) is 2. The number of ether oxygens (including phenoxy) is 1. The van der Waals surface area contributed by atoms with Crippen molar-refractivity contribution in [1.29, 1.82) is 0 Å². The number of nitrogens with one attached hydrogen (secondary N) is 4. The van der Waals surface area contributed by atoms with Crippen LogP contribution in [0.3, 0.4) is 0 Å². The number of anilines is 1. The molecule has 3 heterocycles. The average molecular weight is 625 g/mol. The van der Waals surface area contributed by atoms with Gasteiger partial charge in [-0.2, -0.15) is 0 Å². The first-order valence-corrected chi connectivity index (χ1v) is 17.4. The second-order valence-corrected chi connectivity index (χ2v) is 14.3. The van der Waals surface area contributed by atoms with Crippen LogP contribution in [0.1, 0.15) is 93.1 Å². The van der Waals surface area contributed by atoms with Gasteiger partial charge in [-0.1, -0.05) is 6.92 Å². The van der Waals surface area contributed by atoms with Crippen LogP contribution in [0.15, 0.2) is 12.1 Å². The number of hydrogen-bond donors (Lipinski definition) is 4. The van der Waals surface area contributed by atoms with Crippen LogP contribution in [0.2, 0.25) is 0 Å². The molecule has 5 unspecified atom stereocenters. The Morgan fingerprint density at radius 2 is 1.80 bits per heavy atom. The van der Waals surface area contributed by atoms with Gasteiger partial charge in [0.05, 0.1) is 19.1 Å². The molecule has 10 nitrogen and oxygen atoms in total. The Morgan fingerprint density at radius 3 is 2.44 bits per heavy atom. The lowest BCUT2D eigenvalue weighted by molar-refractivity contribution is -0.129. The highest BCUT2D eigenvalue weighted by Crippen LogP contribution is 2.35. The van der Waals surface area contributed by atoms with Gasteiger partial charge in [-0.3, -0.25) is 19.3 Å². The number of amides is 3. The van der Waals surface area contributed by atoms with E-state index in [1.54, 1.807) is 6.92 Å². The zero-order valence-electron chi connectivity index (χ0n) is 28.1. The van der Waals surface area contributed by atoms with Crippen LogP contribution in [0.25, 0.3) is 0 Å². The zero-order valence-corrected chi connectivity index (χ0v) is 28.1. The molecule has 0 radical (unpaired) electrons. The highest BCUT2D eigenvalue weighted by Gasteiger charge is 2.33. The molecule has 1 aromatic rings. The normalized spacial score (nSPS) is 31.1. The monoisotopic (exact) mass is 624 g/mol. The van der Waals surface area contributed by atoms with E-state index in [0.29, 0.717) is 30.1 Å². The largest absolute Gasteiger partial charge is 0.379 e. The molecule has 0 spiro atoms. The minimum Gasteiger partial charge on any atom is -0.379 e. The molecular weight excluding hydrogens is 568 g/mol. The molecule has 5 rings (SSSR count). The van der Waals surface area contributed by atoms with E-state index in [1.165, 1.54) is 5.56 Å². The summed E-state index contributed by atoms with van der Waals surface area (Å²) < 4.78 is 5.53. The molecule has 1 aliphatic carbocycles. The van der Waals surface area contributed by atoms with Crippen LogP contribution in [0, 0.1) is 18.8 Å². The second-order valence-electron chi connectivity index (χ2n) is 14.3. The summed E-state index contributed by atoms with van der Waals surface area (Å²) >= 11 is 0. The predicted octanol–water partition coefficient (Wildman–Crippen LogP) is 2.94. The Morgan fingerprint density at radius 1 is 1.07 bits per heavy atom. The van der Waals surface area contributed by atoms with Crippen LogP contribution in [-0.4, -0.2) is 99.8 Å². The Balaban J connectivity index is 1.32. The van der Waals surface area contributed by atoms with Crippen LogP contribution < -0.4 is 26.2 Å². The molecule has 4 N–H and O–H groups in total. The topological polar surface area (TPSA) is 115 Å². The van der Waals surface area contributed by atoms with Crippen molar-refractivity contribution in [3.05, 3.63) is 28.8 Å². The van der Waals surface area contributed by atoms with Gasteiger partial charge in [0.1, 0.15) is 0 Å². The average Bonchev–Trinajstić information content (AvgIpc) is 3.01. The van der Waals surface area contributed by atoms with Crippen molar-refractivity contribution in [2.24, 2.45) is 11.8 Å². The lowest BCUT2D eigenvalue weighted by Crippen LogP contribution is -2.50. The minimum atomic E-state index is -0.222. The third kappa shape index (κ3) is 8.57. The third-order valence-electron chi connectivity index (χ3n) is 10.9. The van der Waals surface area contributed by atoms with Gasteiger partial charge >= 0.3 is 0 Å². The summed E-state index contributed by atoms with van der Waals surface area (Å²) in [6.07, 6.45) is 7.00. The van der Waals surface area contributed by atoms with E-state index < -0.39 is 0 Å². The Bertz CT molecular complexity index is 1190. The minimum absolute atomic E-state index is 0.0298. The number of benzene rings is 1. The van der Waals surface area contributed by atoms with E-state index in [0.717, 1.165) is 95.6 Å². The maximum atomic E-state index is 13.9. The molecule has 3 amide bonds. The van der Waals surface area contributed by atoms with Crippen molar-refractivity contribution in [2.75, 3.05) is 57.9 Å². The summed E-state index contributed by atoms with van der Waals surface area (Å²) in [5, 5.41) is 13.1. The SMILES string of the molecule is CC(=O)NC1CCC(N(C)c2cc(C3CCC(CN4CCOCC4)NC3)cc(C(=O)NCC3C(=O)NC(C)CC3C)c2C)CC1. The molecule has 3 saturated heterocycles. The van der Waals surface area contributed by atoms with Crippen molar-refractivity contribution in [3.8, 4) is 0 Å². The molecule has 45 heavy (non-hydrogen) atoms. The second kappa shape index (κ2) is 15.3. The number of piperidine rings is 2. The van der Waals surface area contributed by atoms with Crippen LogP contribution in [-0.2, 0) is 14.3 Å². The van der Waals surface area contributed by atoms with Crippen molar-refractivity contribution in [2.45, 2.75) is 103 Å². The summed E-state index contributed by atoms with van der Waals surface area (Å²) in [5.41, 5.74) is 3.99. The summed E-state index contributed by atoms with van der Waals surface area (Å²) in [6, 6.07) is 5.65. The fourth-order valence-corrected chi connectivity index (χ4v) is 8.08. The quantitative estimate of drug-likeness (QED) is 0.334. The molecule has 1 saturated carbocycles. The van der Waals surface area contributed by atoms with Crippen LogP contribution in [0.4, 0.5) is 5.69 Å². The summed E-state index contributed by atoms with van der Waals surface area (Å²) in [4.78, 5) is 43.1. The first-order chi connectivity index (χ1) is 21.6. The van der Waals surface area contributed by atoms with Gasteiger partial charge in [0, 0.05) is 82.1 Å². The molecule has 4 fully saturated rings. The first-order valence-electron chi connectivity index (χ1n) is 17.4. The van der Waals surface area contributed by atoms with Gasteiger partial charge in [0.15, 0.2) is 0 Å². The van der Waals surface area contributed by atoms with Crippen molar-refractivity contribution < 1.29 is 19.1 Å². The highest BCUT2D eigenvalue weighted by molar-refractivity contribution is 5.97. The molecule has 5 atom stereocenters. The lowest BCUT2D eigenvalue weighted by atomic mass is 9.84. The molecule has 0 aromatic heterocycles. The van der Waals surface area contributed by atoms with Gasteiger partial charge in [0.25, 0.3) is 5.91 Å². The van der Waals surface area contributed by atoms with E-state index in [9.17, 15) is 14.4 Å². The number of morpholine rings is 1. The van der Waals surface area contributed by atoms with Crippen molar-refractivity contribution >= 4 is 23.4 Å². The number of carbonyl (C=O) groups excluding carboxylic acids is 3. The van der Waals surface area contributed by atoms with Gasteiger partial charge in [-0.15, -0.1) is 0 Å². The highest BCUT2D eigenvalue weighted by atomic mass is 16.5. The van der Waals surface area contributed by atoms with E-state index in [4.69, 9.17) is 4.74 Å². The maximum absolute atomic E-state index is 13.9. The third-order valence-corrected chi connectivity index (χ3v) is 10.9. The molecular formula is C35H56N6O4. The Kier molecular flexibility index (Phi) is 11.4. The first kappa shape index (κ1) is 33.7. The standard InChI is InChI=1S/C35H56N6O4/c1-22-16-23(2)38-35(44)32(22)20-37-34(43)31-17-27(26-6-7-29(36-19-26)21-41-12-14-45-15-13-41)18-33(24(31)3)40(5)30-10-8-28(9-11-30)39-25(4)42/h17-18,22-23,26,28-30,32,36H,6-16,19-21H2,1-5H3,(H,37,43)(H,38,44)(H,39,42). The van der Waals surface area contributed by atoms with Crippen LogP contribution in [0.5, 0.6) is 0 Å². The van der Waals surface area contributed by atoms with E-state index >= 15 is 0 Å². The Labute approximate surface area is 269 Å². The molecule has 0 bridgehead atoms. The van der Waals surface area contributed by atoms with E-state index in [2.05, 4.69) is 64.1 Å². The predicted molar refractivity (Wildman–Crippen MR) is 178 cm³/mol. The number of carbonyl (C=O) groups is 3. The zero-order chi connectivity index (χ0) is 32.1. The van der Waals surface area contributed by atoms with Gasteiger partial charge < -0.3 is 30.9 Å². The summed E-state index contributed by atoms with van der Waals surface area (Å²) in [5.74, 6) is 0.281.